The molecule has 7 nitrogen and oxygen atoms in total. The lowest BCUT2D eigenvalue weighted by atomic mass is 10.0. The van der Waals surface area contributed by atoms with Gasteiger partial charge in [-0.25, -0.2) is 0 Å². The van der Waals surface area contributed by atoms with E-state index in [0.717, 1.165) is 12.8 Å². The first-order valence-electron chi connectivity index (χ1n) is 9.53. The second kappa shape index (κ2) is 8.68. The molecule has 3 rings (SSSR count). The van der Waals surface area contributed by atoms with E-state index in [1.807, 2.05) is 13.0 Å². The minimum Gasteiger partial charge on any atom is -0.332 e. The van der Waals surface area contributed by atoms with E-state index in [0.29, 0.717) is 17.8 Å². The highest BCUT2D eigenvalue weighted by Crippen LogP contribution is 2.25. The Labute approximate surface area is 169 Å². The normalized spacial score (nSPS) is 12.7. The largest absolute Gasteiger partial charge is 0.332 e. The monoisotopic (exact) mass is 393 g/mol. The predicted molar refractivity (Wildman–Crippen MR) is 109 cm³/mol. The molecule has 29 heavy (non-hydrogen) atoms. The molecule has 0 fully saturated rings. The molecule has 0 atom stereocenters. The van der Waals surface area contributed by atoms with Crippen LogP contribution in [0, 0.1) is 0 Å². The first-order chi connectivity index (χ1) is 13.9. The van der Waals surface area contributed by atoms with E-state index >= 15 is 0 Å². The van der Waals surface area contributed by atoms with Crippen molar-refractivity contribution in [3.8, 4) is 0 Å². The van der Waals surface area contributed by atoms with Crippen LogP contribution in [0.5, 0.6) is 0 Å². The molecule has 1 heterocycles. The minimum atomic E-state index is -0.400. The zero-order valence-corrected chi connectivity index (χ0v) is 16.5. The number of benzene rings is 2. The van der Waals surface area contributed by atoms with E-state index < -0.39 is 5.91 Å². The second-order valence-electron chi connectivity index (χ2n) is 6.95. The van der Waals surface area contributed by atoms with Gasteiger partial charge in [0, 0.05) is 24.8 Å². The summed E-state index contributed by atoms with van der Waals surface area (Å²) in [5, 5.41) is 2.72. The van der Waals surface area contributed by atoms with Gasteiger partial charge in [-0.1, -0.05) is 31.5 Å². The Morgan fingerprint density at radius 3 is 2.38 bits per heavy atom. The number of amides is 4. The SMILES string of the molecule is CCCCN1C(=O)c2ccc(C(=O)N(C)CC(=O)Nc3ccccc3)cc2C1=O. The van der Waals surface area contributed by atoms with Crippen LogP contribution in [0.4, 0.5) is 5.69 Å². The number of carbonyl (C=O) groups is 4. The highest BCUT2D eigenvalue weighted by molar-refractivity contribution is 6.22. The maximum absolute atomic E-state index is 12.7. The van der Waals surface area contributed by atoms with Gasteiger partial charge in [0.15, 0.2) is 0 Å². The Balaban J connectivity index is 1.69. The fourth-order valence-electron chi connectivity index (χ4n) is 3.17. The smallest absolute Gasteiger partial charge is 0.261 e. The van der Waals surface area contributed by atoms with E-state index in [4.69, 9.17) is 0 Å². The van der Waals surface area contributed by atoms with Crippen LogP contribution in [0.25, 0.3) is 0 Å². The summed E-state index contributed by atoms with van der Waals surface area (Å²) in [6.45, 7) is 2.21. The molecular weight excluding hydrogens is 370 g/mol. The van der Waals surface area contributed by atoms with Gasteiger partial charge < -0.3 is 10.2 Å². The van der Waals surface area contributed by atoms with Crippen molar-refractivity contribution in [2.45, 2.75) is 19.8 Å². The van der Waals surface area contributed by atoms with Gasteiger partial charge in [0.05, 0.1) is 17.7 Å². The van der Waals surface area contributed by atoms with Gasteiger partial charge in [-0.05, 0) is 36.8 Å². The first kappa shape index (κ1) is 20.3. The lowest BCUT2D eigenvalue weighted by Gasteiger charge is -2.17. The van der Waals surface area contributed by atoms with Crippen molar-refractivity contribution in [1.82, 2.24) is 9.80 Å². The molecule has 0 aliphatic carbocycles. The van der Waals surface area contributed by atoms with Crippen molar-refractivity contribution >= 4 is 29.3 Å². The van der Waals surface area contributed by atoms with Crippen molar-refractivity contribution in [3.63, 3.8) is 0 Å². The lowest BCUT2D eigenvalue weighted by molar-refractivity contribution is -0.116. The zero-order chi connectivity index (χ0) is 21.0. The molecule has 7 heteroatoms. The summed E-state index contributed by atoms with van der Waals surface area (Å²) in [6, 6.07) is 13.4. The highest BCUT2D eigenvalue weighted by atomic mass is 16.2. The molecule has 0 unspecified atom stereocenters. The summed E-state index contributed by atoms with van der Waals surface area (Å²) in [5.74, 6) is -1.43. The molecule has 1 aliphatic heterocycles. The maximum Gasteiger partial charge on any atom is 0.261 e. The average Bonchev–Trinajstić information content (AvgIpc) is 2.96. The van der Waals surface area contributed by atoms with Gasteiger partial charge >= 0.3 is 0 Å². The van der Waals surface area contributed by atoms with Crippen LogP contribution in [0.15, 0.2) is 48.5 Å². The van der Waals surface area contributed by atoms with E-state index in [1.165, 1.54) is 35.0 Å². The highest BCUT2D eigenvalue weighted by Gasteiger charge is 2.35. The second-order valence-corrected chi connectivity index (χ2v) is 6.95. The number of carbonyl (C=O) groups excluding carboxylic acids is 4. The molecule has 0 saturated heterocycles. The number of hydrogen-bond acceptors (Lipinski definition) is 4. The van der Waals surface area contributed by atoms with Crippen molar-refractivity contribution < 1.29 is 19.2 Å². The van der Waals surface area contributed by atoms with Crippen LogP contribution in [-0.4, -0.2) is 53.6 Å². The van der Waals surface area contributed by atoms with E-state index in [9.17, 15) is 19.2 Å². The molecule has 2 aromatic rings. The molecule has 0 bridgehead atoms. The van der Waals surface area contributed by atoms with Crippen molar-refractivity contribution in [2.75, 3.05) is 25.5 Å². The van der Waals surface area contributed by atoms with Gasteiger partial charge in [0.1, 0.15) is 0 Å². The quantitative estimate of drug-likeness (QED) is 0.733. The summed E-state index contributed by atoms with van der Waals surface area (Å²) in [7, 11) is 1.51. The van der Waals surface area contributed by atoms with Gasteiger partial charge in [0.25, 0.3) is 17.7 Å². The van der Waals surface area contributed by atoms with E-state index in [1.54, 1.807) is 24.3 Å². The van der Waals surface area contributed by atoms with Gasteiger partial charge in [-0.2, -0.15) is 0 Å². The number of imide groups is 1. The third kappa shape index (κ3) is 4.34. The summed E-state index contributed by atoms with van der Waals surface area (Å²) in [6.07, 6.45) is 1.60. The van der Waals surface area contributed by atoms with Crippen molar-refractivity contribution in [1.29, 1.82) is 0 Å². The average molecular weight is 393 g/mol. The van der Waals surface area contributed by atoms with Crippen molar-refractivity contribution in [3.05, 3.63) is 65.2 Å². The van der Waals surface area contributed by atoms with Crippen LogP contribution >= 0.6 is 0 Å². The fraction of sp³-hybridized carbons (Fsp3) is 0.273. The van der Waals surface area contributed by atoms with Crippen LogP contribution < -0.4 is 5.32 Å². The number of hydrogen-bond donors (Lipinski definition) is 1. The molecule has 1 aliphatic rings. The lowest BCUT2D eigenvalue weighted by Crippen LogP contribution is -2.35. The number of fused-ring (bicyclic) bond motifs is 1. The maximum atomic E-state index is 12.7. The third-order valence-electron chi connectivity index (χ3n) is 4.74. The minimum absolute atomic E-state index is 0.139. The Morgan fingerprint density at radius 2 is 1.69 bits per heavy atom. The van der Waals surface area contributed by atoms with Gasteiger partial charge in [-0.15, -0.1) is 0 Å². The molecule has 4 amide bonds. The van der Waals surface area contributed by atoms with Gasteiger partial charge in [-0.3, -0.25) is 24.1 Å². The number of nitrogens with zero attached hydrogens (tertiary/aromatic N) is 2. The number of para-hydroxylation sites is 1. The van der Waals surface area contributed by atoms with E-state index in [-0.39, 0.29) is 35.4 Å². The molecule has 1 N–H and O–H groups in total. The molecule has 0 aromatic heterocycles. The summed E-state index contributed by atoms with van der Waals surface area (Å²) < 4.78 is 0. The Hall–Kier alpha value is -3.48. The first-order valence-corrected chi connectivity index (χ1v) is 9.53. The zero-order valence-electron chi connectivity index (χ0n) is 16.5. The number of nitrogens with one attached hydrogen (secondary N) is 1. The number of anilines is 1. The summed E-state index contributed by atoms with van der Waals surface area (Å²) in [5.41, 5.74) is 1.45. The fourth-order valence-corrected chi connectivity index (χ4v) is 3.17. The van der Waals surface area contributed by atoms with Crippen LogP contribution in [0.1, 0.15) is 50.8 Å². The molecule has 150 valence electrons. The van der Waals surface area contributed by atoms with Crippen LogP contribution in [0.3, 0.4) is 0 Å². The molecule has 0 radical (unpaired) electrons. The summed E-state index contributed by atoms with van der Waals surface area (Å²) >= 11 is 0. The Bertz CT molecular complexity index is 956. The van der Waals surface area contributed by atoms with Gasteiger partial charge in [0.2, 0.25) is 5.91 Å². The van der Waals surface area contributed by atoms with Crippen LogP contribution in [0.2, 0.25) is 0 Å². The molecule has 2 aromatic carbocycles. The van der Waals surface area contributed by atoms with Crippen LogP contribution in [-0.2, 0) is 4.79 Å². The molecular formula is C22H23N3O4. The summed E-state index contributed by atoms with van der Waals surface area (Å²) in [4.78, 5) is 52.3. The number of unbranched alkanes of at least 4 members (excludes halogenated alkanes) is 1. The molecule has 0 spiro atoms. The third-order valence-corrected chi connectivity index (χ3v) is 4.74. The number of likely N-dealkylation sites (N-methyl/N-ethyl adjacent to an activating group) is 1. The van der Waals surface area contributed by atoms with Crippen molar-refractivity contribution in [2.24, 2.45) is 0 Å². The number of rotatable bonds is 7. The Morgan fingerprint density at radius 1 is 1.00 bits per heavy atom. The topological polar surface area (TPSA) is 86.8 Å². The predicted octanol–water partition coefficient (Wildman–Crippen LogP) is 2.79. The molecule has 0 saturated carbocycles. The standard InChI is InChI=1S/C22H23N3O4/c1-3-4-12-25-21(28)17-11-10-15(13-18(17)22(25)29)20(27)24(2)14-19(26)23-16-8-6-5-7-9-16/h5-11,13H,3-4,12,14H2,1-2H3,(H,23,26). The van der Waals surface area contributed by atoms with E-state index in [2.05, 4.69) is 5.32 Å². The Kier molecular flexibility index (Phi) is 6.07.